The highest BCUT2D eigenvalue weighted by molar-refractivity contribution is 5.81. The van der Waals surface area contributed by atoms with Crippen molar-refractivity contribution in [1.29, 1.82) is 0 Å². The molecule has 2 aromatic carbocycles. The summed E-state index contributed by atoms with van der Waals surface area (Å²) >= 11 is 0. The Kier molecular flexibility index (Phi) is 5.69. The summed E-state index contributed by atoms with van der Waals surface area (Å²) in [6.45, 7) is 2.15. The minimum absolute atomic E-state index is 0.163. The Balaban J connectivity index is 1.84. The predicted molar refractivity (Wildman–Crippen MR) is 87.0 cm³/mol. The summed E-state index contributed by atoms with van der Waals surface area (Å²) in [6.07, 6.45) is 0.0381. The van der Waals surface area contributed by atoms with E-state index in [4.69, 9.17) is 5.73 Å². The van der Waals surface area contributed by atoms with Crippen LogP contribution in [0.5, 0.6) is 0 Å². The van der Waals surface area contributed by atoms with Crippen LogP contribution in [0, 0.1) is 0 Å². The molecule has 0 fully saturated rings. The number of amides is 1. The number of rotatable bonds is 6. The number of aliphatic hydroxyl groups is 1. The Bertz CT molecular complexity index is 594. The molecular weight excluding hydrogens is 276 g/mol. The minimum Gasteiger partial charge on any atom is -0.389 e. The van der Waals surface area contributed by atoms with E-state index >= 15 is 0 Å². The Labute approximate surface area is 131 Å². The van der Waals surface area contributed by atoms with Crippen molar-refractivity contribution in [3.8, 4) is 0 Å². The number of nitrogens with one attached hydrogen (secondary N) is 1. The highest BCUT2D eigenvalue weighted by atomic mass is 16.3. The molecule has 0 bridgehead atoms. The molecule has 0 spiro atoms. The minimum atomic E-state index is -0.556. The summed E-state index contributed by atoms with van der Waals surface area (Å²) in [5, 5.41) is 12.3. The van der Waals surface area contributed by atoms with E-state index < -0.39 is 12.1 Å². The fourth-order valence-corrected chi connectivity index (χ4v) is 2.20. The molecule has 0 saturated carbocycles. The largest absolute Gasteiger partial charge is 0.389 e. The second kappa shape index (κ2) is 7.73. The van der Waals surface area contributed by atoms with Crippen molar-refractivity contribution in [2.45, 2.75) is 32.0 Å². The number of hydrogen-bond acceptors (Lipinski definition) is 3. The summed E-state index contributed by atoms with van der Waals surface area (Å²) < 4.78 is 0. The number of nitrogens with two attached hydrogens (primary N) is 1. The molecule has 4 nitrogen and oxygen atoms in total. The number of carbonyl (C=O) groups excluding carboxylic acids is 1. The summed E-state index contributed by atoms with van der Waals surface area (Å²) in [4.78, 5) is 12.0. The monoisotopic (exact) mass is 298 g/mol. The molecule has 1 unspecified atom stereocenters. The molecule has 4 heteroatoms. The molecular formula is C18H22N2O2. The van der Waals surface area contributed by atoms with E-state index in [2.05, 4.69) is 5.32 Å². The van der Waals surface area contributed by atoms with Gasteiger partial charge in [0.05, 0.1) is 12.1 Å². The Morgan fingerprint density at radius 1 is 1.09 bits per heavy atom. The zero-order chi connectivity index (χ0) is 15.9. The van der Waals surface area contributed by atoms with Gasteiger partial charge in [0, 0.05) is 6.54 Å². The zero-order valence-corrected chi connectivity index (χ0v) is 12.7. The molecule has 4 N–H and O–H groups in total. The fraction of sp³-hybridized carbons (Fsp3) is 0.278. The topological polar surface area (TPSA) is 75.3 Å². The lowest BCUT2D eigenvalue weighted by Crippen LogP contribution is -2.41. The first-order chi connectivity index (χ1) is 10.6. The van der Waals surface area contributed by atoms with E-state index in [1.54, 1.807) is 6.92 Å². The molecule has 116 valence electrons. The summed E-state index contributed by atoms with van der Waals surface area (Å²) in [5.41, 5.74) is 8.81. The molecule has 0 radical (unpaired) electrons. The third kappa shape index (κ3) is 4.69. The van der Waals surface area contributed by atoms with Crippen molar-refractivity contribution in [2.75, 3.05) is 0 Å². The maximum absolute atomic E-state index is 12.0. The predicted octanol–water partition coefficient (Wildman–Crippen LogP) is 1.93. The van der Waals surface area contributed by atoms with Crippen molar-refractivity contribution < 1.29 is 9.90 Å². The van der Waals surface area contributed by atoms with Crippen LogP contribution < -0.4 is 11.1 Å². The Morgan fingerprint density at radius 3 is 2.32 bits per heavy atom. The first-order valence-electron chi connectivity index (χ1n) is 7.40. The number of carbonyl (C=O) groups is 1. The molecule has 0 saturated heterocycles. The molecule has 0 heterocycles. The second-order valence-electron chi connectivity index (χ2n) is 5.43. The average Bonchev–Trinajstić information content (AvgIpc) is 2.53. The van der Waals surface area contributed by atoms with Gasteiger partial charge in [0.25, 0.3) is 0 Å². The van der Waals surface area contributed by atoms with Gasteiger partial charge in [0.15, 0.2) is 0 Å². The highest BCUT2D eigenvalue weighted by Crippen LogP contribution is 2.12. The van der Waals surface area contributed by atoms with Crippen molar-refractivity contribution in [2.24, 2.45) is 5.73 Å². The summed E-state index contributed by atoms with van der Waals surface area (Å²) in [7, 11) is 0. The van der Waals surface area contributed by atoms with Crippen LogP contribution >= 0.6 is 0 Å². The lowest BCUT2D eigenvalue weighted by Gasteiger charge is -2.13. The third-order valence-electron chi connectivity index (χ3n) is 3.56. The van der Waals surface area contributed by atoms with Gasteiger partial charge in [-0.3, -0.25) is 4.79 Å². The highest BCUT2D eigenvalue weighted by Gasteiger charge is 2.13. The van der Waals surface area contributed by atoms with E-state index in [1.165, 1.54) is 0 Å². The van der Waals surface area contributed by atoms with Crippen LogP contribution in [0.25, 0.3) is 0 Å². The molecule has 0 aliphatic carbocycles. The van der Waals surface area contributed by atoms with Crippen molar-refractivity contribution in [1.82, 2.24) is 5.32 Å². The van der Waals surface area contributed by atoms with E-state index in [-0.39, 0.29) is 5.91 Å². The van der Waals surface area contributed by atoms with Gasteiger partial charge in [-0.25, -0.2) is 0 Å². The molecule has 0 aliphatic heterocycles. The van der Waals surface area contributed by atoms with Crippen LogP contribution in [0.15, 0.2) is 54.6 Å². The maximum atomic E-state index is 12.0. The normalized spacial score (nSPS) is 13.4. The van der Waals surface area contributed by atoms with Gasteiger partial charge >= 0.3 is 0 Å². The Hall–Kier alpha value is -2.17. The van der Waals surface area contributed by atoms with Crippen molar-refractivity contribution in [3.05, 3.63) is 71.3 Å². The lowest BCUT2D eigenvalue weighted by molar-refractivity contribution is -0.122. The average molecular weight is 298 g/mol. The molecule has 2 rings (SSSR count). The van der Waals surface area contributed by atoms with Crippen LogP contribution in [0.2, 0.25) is 0 Å². The van der Waals surface area contributed by atoms with E-state index in [0.29, 0.717) is 13.0 Å². The summed E-state index contributed by atoms with van der Waals surface area (Å²) in [5.74, 6) is -0.163. The molecule has 2 aromatic rings. The van der Waals surface area contributed by atoms with Crippen LogP contribution in [-0.4, -0.2) is 17.1 Å². The third-order valence-corrected chi connectivity index (χ3v) is 3.56. The standard InChI is InChI=1S/C18H22N2O2/c1-13(21)16-9-7-15(8-10-16)12-20-18(22)17(19)11-14-5-3-2-4-6-14/h2-10,13,17,21H,11-12,19H2,1H3,(H,20,22)/t13?,17-/m0/s1. The van der Waals surface area contributed by atoms with Gasteiger partial charge in [-0.1, -0.05) is 54.6 Å². The van der Waals surface area contributed by atoms with Gasteiger partial charge in [0.2, 0.25) is 5.91 Å². The lowest BCUT2D eigenvalue weighted by atomic mass is 10.1. The maximum Gasteiger partial charge on any atom is 0.237 e. The number of benzene rings is 2. The van der Waals surface area contributed by atoms with Crippen LogP contribution in [-0.2, 0) is 17.8 Å². The fourth-order valence-electron chi connectivity index (χ4n) is 2.20. The molecule has 1 amide bonds. The smallest absolute Gasteiger partial charge is 0.237 e. The zero-order valence-electron chi connectivity index (χ0n) is 12.7. The first-order valence-corrected chi connectivity index (χ1v) is 7.40. The van der Waals surface area contributed by atoms with E-state index in [9.17, 15) is 9.90 Å². The van der Waals surface area contributed by atoms with Gasteiger partial charge in [-0.05, 0) is 30.0 Å². The Morgan fingerprint density at radius 2 is 1.73 bits per heavy atom. The summed E-state index contributed by atoms with van der Waals surface area (Å²) in [6, 6.07) is 16.7. The van der Waals surface area contributed by atoms with E-state index in [1.807, 2.05) is 54.6 Å². The molecule has 22 heavy (non-hydrogen) atoms. The van der Waals surface area contributed by atoms with Crippen LogP contribution in [0.4, 0.5) is 0 Å². The van der Waals surface area contributed by atoms with Gasteiger partial charge in [-0.15, -0.1) is 0 Å². The molecule has 0 aliphatic rings. The van der Waals surface area contributed by atoms with Crippen LogP contribution in [0.3, 0.4) is 0 Å². The number of hydrogen-bond donors (Lipinski definition) is 3. The van der Waals surface area contributed by atoms with Gasteiger partial charge in [0.1, 0.15) is 0 Å². The van der Waals surface area contributed by atoms with Crippen molar-refractivity contribution >= 4 is 5.91 Å². The van der Waals surface area contributed by atoms with Crippen LogP contribution in [0.1, 0.15) is 29.7 Å². The van der Waals surface area contributed by atoms with Gasteiger partial charge < -0.3 is 16.2 Å². The van der Waals surface area contributed by atoms with Crippen molar-refractivity contribution in [3.63, 3.8) is 0 Å². The second-order valence-corrected chi connectivity index (χ2v) is 5.43. The SMILES string of the molecule is CC(O)c1ccc(CNC(=O)[C@@H](N)Cc2ccccc2)cc1. The molecule has 2 atom stereocenters. The van der Waals surface area contributed by atoms with E-state index in [0.717, 1.165) is 16.7 Å². The number of aliphatic hydroxyl groups excluding tert-OH is 1. The van der Waals surface area contributed by atoms with Gasteiger partial charge in [-0.2, -0.15) is 0 Å². The quantitative estimate of drug-likeness (QED) is 0.762. The molecule has 0 aromatic heterocycles. The first kappa shape index (κ1) is 16.2.